The second kappa shape index (κ2) is 20.6. The van der Waals surface area contributed by atoms with Gasteiger partial charge in [-0.1, -0.05) is 24.3 Å². The molecule has 0 radical (unpaired) electrons. The molecule has 0 amide bonds. The molecule has 3 aliphatic heterocycles. The molecule has 20 heteroatoms. The van der Waals surface area contributed by atoms with E-state index in [0.717, 1.165) is 40.8 Å². The topological polar surface area (TPSA) is 256 Å². The lowest BCUT2D eigenvalue weighted by Crippen LogP contribution is -2.37. The summed E-state index contributed by atoms with van der Waals surface area (Å²) in [5.74, 6) is 0.710. The summed E-state index contributed by atoms with van der Waals surface area (Å²) in [4.78, 5) is 75.1. The summed E-state index contributed by atoms with van der Waals surface area (Å²) >= 11 is 0. The maximum Gasteiger partial charge on any atom is 0.313 e. The number of phenolic OH excluding ortho intramolecular Hbond substituents is 1. The Balaban J connectivity index is 0.000000149. The molecule has 0 bridgehead atoms. The van der Waals surface area contributed by atoms with Gasteiger partial charge in [0.1, 0.15) is 22.5 Å². The molecule has 3 saturated heterocycles. The van der Waals surface area contributed by atoms with Crippen LogP contribution in [0, 0.1) is 0 Å². The number of carboxylic acid groups (broad SMARTS) is 1. The molecule has 2 N–H and O–H groups in total. The van der Waals surface area contributed by atoms with Crippen LogP contribution in [0.3, 0.4) is 0 Å². The molecule has 20 nitrogen and oxygen atoms in total. The van der Waals surface area contributed by atoms with Crippen LogP contribution in [0.15, 0.2) is 94.0 Å². The van der Waals surface area contributed by atoms with Gasteiger partial charge in [-0.05, 0) is 61.4 Å². The first kappa shape index (κ1) is 45.1. The van der Waals surface area contributed by atoms with Crippen LogP contribution in [-0.2, 0) is 33.4 Å². The summed E-state index contributed by atoms with van der Waals surface area (Å²) in [6.07, 6.45) is 4.97. The SMILES string of the molecule is O=C(O)CCCC(=O)Oc1cccc(-c2nc(N3CCOCC3)c3oc4ncccc4c3n2)c1.O=C1CCCC(=O)O1.Oc1cccc(-c2nc(N3CCOCC3)c3oc4ncccc4c3n2)c1. The van der Waals surface area contributed by atoms with Crippen molar-refractivity contribution in [3.63, 3.8) is 0 Å². The van der Waals surface area contributed by atoms with E-state index in [2.05, 4.69) is 24.5 Å². The van der Waals surface area contributed by atoms with E-state index >= 15 is 0 Å². The summed E-state index contributed by atoms with van der Waals surface area (Å²) in [7, 11) is 0. The van der Waals surface area contributed by atoms with E-state index in [9.17, 15) is 24.3 Å². The van der Waals surface area contributed by atoms with E-state index < -0.39 is 11.9 Å². The highest BCUT2D eigenvalue weighted by Gasteiger charge is 2.25. The van der Waals surface area contributed by atoms with Gasteiger partial charge in [0.2, 0.25) is 11.4 Å². The van der Waals surface area contributed by atoms with Crippen LogP contribution in [0.25, 0.3) is 67.2 Å². The third-order valence-corrected chi connectivity index (χ3v) is 11.0. The first-order chi connectivity index (χ1) is 33.2. The highest BCUT2D eigenvalue weighted by molar-refractivity contribution is 6.06. The van der Waals surface area contributed by atoms with Crippen LogP contribution >= 0.6 is 0 Å². The van der Waals surface area contributed by atoms with Gasteiger partial charge in [-0.25, -0.2) is 29.9 Å². The first-order valence-corrected chi connectivity index (χ1v) is 22.0. The third kappa shape index (κ3) is 10.5. The minimum Gasteiger partial charge on any atom is -0.508 e. The summed E-state index contributed by atoms with van der Waals surface area (Å²) < 4.78 is 32.6. The molecule has 11 rings (SSSR count). The summed E-state index contributed by atoms with van der Waals surface area (Å²) in [5.41, 5.74) is 5.03. The van der Waals surface area contributed by atoms with Gasteiger partial charge in [-0.3, -0.25) is 19.2 Å². The molecule has 68 heavy (non-hydrogen) atoms. The predicted molar refractivity (Wildman–Crippen MR) is 245 cm³/mol. The number of nitrogens with zero attached hydrogens (tertiary/aromatic N) is 8. The number of furan rings is 2. The molecule has 8 aromatic rings. The Morgan fingerprint density at radius 2 is 1.18 bits per heavy atom. The number of phenols is 1. The van der Waals surface area contributed by atoms with E-state index in [0.29, 0.717) is 116 Å². The maximum absolute atomic E-state index is 12.1. The van der Waals surface area contributed by atoms with E-state index in [1.807, 2.05) is 36.4 Å². The number of morpholine rings is 2. The van der Waals surface area contributed by atoms with Crippen molar-refractivity contribution in [2.75, 3.05) is 62.4 Å². The Kier molecular flexibility index (Phi) is 13.7. The minimum atomic E-state index is -0.944. The number of ether oxygens (including phenoxy) is 4. The summed E-state index contributed by atoms with van der Waals surface area (Å²) in [5, 5.41) is 20.2. The zero-order chi connectivity index (χ0) is 47.0. The highest BCUT2D eigenvalue weighted by Crippen LogP contribution is 2.36. The molecule has 0 unspecified atom stereocenters. The second-order valence-corrected chi connectivity index (χ2v) is 15.7. The molecular formula is C48H44N8O12. The van der Waals surface area contributed by atoms with Crippen molar-refractivity contribution in [1.29, 1.82) is 0 Å². The number of hydrogen-bond donors (Lipinski definition) is 2. The number of benzene rings is 2. The minimum absolute atomic E-state index is 0.0220. The number of hydrogen-bond acceptors (Lipinski definition) is 19. The number of pyridine rings is 2. The quantitative estimate of drug-likeness (QED) is 0.0872. The molecule has 0 atom stereocenters. The average Bonchev–Trinajstić information content (AvgIpc) is 3.93. The lowest BCUT2D eigenvalue weighted by atomic mass is 10.2. The predicted octanol–water partition coefficient (Wildman–Crippen LogP) is 6.66. The van der Waals surface area contributed by atoms with Gasteiger partial charge in [0.15, 0.2) is 34.5 Å². The van der Waals surface area contributed by atoms with Crippen molar-refractivity contribution in [2.24, 2.45) is 0 Å². The monoisotopic (exact) mass is 924 g/mol. The highest BCUT2D eigenvalue weighted by atomic mass is 16.6. The van der Waals surface area contributed by atoms with Crippen LogP contribution in [0.2, 0.25) is 0 Å². The van der Waals surface area contributed by atoms with Crippen molar-refractivity contribution < 1.29 is 57.2 Å². The zero-order valence-corrected chi connectivity index (χ0v) is 36.5. The number of carbonyl (C=O) groups excluding carboxylic acids is 3. The van der Waals surface area contributed by atoms with Gasteiger partial charge >= 0.3 is 23.9 Å². The number of carboxylic acids is 1. The number of esters is 3. The molecule has 2 aromatic carbocycles. The van der Waals surface area contributed by atoms with Gasteiger partial charge in [0.25, 0.3) is 0 Å². The average molecular weight is 925 g/mol. The molecular weight excluding hydrogens is 881 g/mol. The lowest BCUT2D eigenvalue weighted by molar-refractivity contribution is -0.163. The Morgan fingerprint density at radius 1 is 0.647 bits per heavy atom. The number of anilines is 2. The third-order valence-electron chi connectivity index (χ3n) is 11.0. The van der Waals surface area contributed by atoms with E-state index in [1.165, 1.54) is 0 Å². The number of aromatic hydroxyl groups is 1. The zero-order valence-electron chi connectivity index (χ0n) is 36.5. The Labute approximate surface area is 386 Å². The Hall–Kier alpha value is -8.10. The van der Waals surface area contributed by atoms with Gasteiger partial charge in [-0.15, -0.1) is 0 Å². The van der Waals surface area contributed by atoms with Gasteiger partial charge in [0, 0.05) is 75.4 Å². The normalized spacial score (nSPS) is 15.1. The smallest absolute Gasteiger partial charge is 0.313 e. The van der Waals surface area contributed by atoms with E-state index in [-0.39, 0.29) is 37.0 Å². The number of fused-ring (bicyclic) bond motifs is 6. The van der Waals surface area contributed by atoms with Crippen LogP contribution in [0.1, 0.15) is 38.5 Å². The maximum atomic E-state index is 12.1. The van der Waals surface area contributed by atoms with Crippen LogP contribution in [0.5, 0.6) is 11.5 Å². The molecule has 0 saturated carbocycles. The summed E-state index contributed by atoms with van der Waals surface area (Å²) in [6, 6.07) is 21.4. The number of aromatic nitrogens is 6. The van der Waals surface area contributed by atoms with Crippen molar-refractivity contribution >= 4 is 79.9 Å². The fourth-order valence-electron chi connectivity index (χ4n) is 7.68. The molecule has 348 valence electrons. The van der Waals surface area contributed by atoms with Crippen LogP contribution < -0.4 is 14.5 Å². The summed E-state index contributed by atoms with van der Waals surface area (Å²) in [6.45, 7) is 5.27. The number of cyclic esters (lactones) is 2. The lowest BCUT2D eigenvalue weighted by Gasteiger charge is -2.27. The Morgan fingerprint density at radius 3 is 1.68 bits per heavy atom. The van der Waals surface area contributed by atoms with Crippen LogP contribution in [0.4, 0.5) is 11.6 Å². The molecule has 6 aromatic heterocycles. The fraction of sp³-hybridized carbons (Fsp3) is 0.292. The van der Waals surface area contributed by atoms with Crippen molar-refractivity contribution in [1.82, 2.24) is 29.9 Å². The number of rotatable bonds is 9. The van der Waals surface area contributed by atoms with Gasteiger partial charge in [-0.2, -0.15) is 0 Å². The van der Waals surface area contributed by atoms with E-state index in [1.54, 1.807) is 48.8 Å². The van der Waals surface area contributed by atoms with Gasteiger partial charge in [0.05, 0.1) is 37.2 Å². The fourth-order valence-corrected chi connectivity index (χ4v) is 7.68. The van der Waals surface area contributed by atoms with Crippen molar-refractivity contribution in [2.45, 2.75) is 38.5 Å². The molecule has 0 spiro atoms. The number of aliphatic carboxylic acids is 1. The largest absolute Gasteiger partial charge is 0.508 e. The standard InChI is InChI=1S/C24H22N4O6.C19H16N4O3.C5H6O3/c29-18(30)7-2-8-19(31)33-16-5-1-4-15(14-16)22-26-20-17-6-3-9-25-24(17)34-21(20)23(27-22)28-10-12-32-13-11-28;24-13-4-1-3-12(11-13)17-21-15-14-5-2-6-20-19(14)26-16(15)18(22-17)23-7-9-25-10-8-23;6-4-2-1-3-5(7)8-4/h1,3-6,9,14H,2,7-8,10-13H2,(H,29,30);1-6,11,24H,7-10H2;1-3H2. The molecule has 0 aliphatic carbocycles. The van der Waals surface area contributed by atoms with Crippen LogP contribution in [-0.4, -0.2) is 117 Å². The number of carbonyl (C=O) groups is 4. The molecule has 9 heterocycles. The molecule has 3 fully saturated rings. The molecule has 3 aliphatic rings. The first-order valence-electron chi connectivity index (χ1n) is 22.0. The van der Waals surface area contributed by atoms with Gasteiger partial charge < -0.3 is 47.8 Å². The second-order valence-electron chi connectivity index (χ2n) is 15.7. The Bertz CT molecular complexity index is 3130. The van der Waals surface area contributed by atoms with Crippen molar-refractivity contribution in [3.05, 3.63) is 85.2 Å². The van der Waals surface area contributed by atoms with Crippen molar-refractivity contribution in [3.8, 4) is 34.3 Å². The van der Waals surface area contributed by atoms with E-state index in [4.69, 9.17) is 48.1 Å².